The van der Waals surface area contributed by atoms with Crippen LogP contribution in [0.3, 0.4) is 0 Å². The van der Waals surface area contributed by atoms with Crippen LogP contribution in [0.25, 0.3) is 0 Å². The molecule has 0 aliphatic carbocycles. The van der Waals surface area contributed by atoms with Gasteiger partial charge in [0.2, 0.25) is 5.91 Å². The van der Waals surface area contributed by atoms with E-state index in [1.165, 1.54) is 4.90 Å². The number of carbonyl (C=O) groups excluding carboxylic acids is 2. The fourth-order valence-electron chi connectivity index (χ4n) is 2.44. The Morgan fingerprint density at radius 1 is 1.12 bits per heavy atom. The van der Waals surface area contributed by atoms with Crippen LogP contribution in [0.2, 0.25) is 0 Å². The van der Waals surface area contributed by atoms with E-state index in [2.05, 4.69) is 5.48 Å². The number of hydrogen-bond acceptors (Lipinski definition) is 4. The zero-order valence-corrected chi connectivity index (χ0v) is 13.1. The van der Waals surface area contributed by atoms with E-state index >= 15 is 0 Å². The first-order chi connectivity index (χ1) is 11.7. The third-order valence-corrected chi connectivity index (χ3v) is 3.60. The van der Waals surface area contributed by atoms with Crippen LogP contribution in [0.15, 0.2) is 54.6 Å². The van der Waals surface area contributed by atoms with Gasteiger partial charge in [0.1, 0.15) is 12.3 Å². The molecule has 0 saturated heterocycles. The molecule has 1 aliphatic heterocycles. The molecule has 2 amide bonds. The van der Waals surface area contributed by atoms with Crippen LogP contribution in [-0.2, 0) is 21.0 Å². The van der Waals surface area contributed by atoms with Gasteiger partial charge in [0, 0.05) is 0 Å². The molecule has 0 fully saturated rings. The Kier molecular flexibility index (Phi) is 5.08. The summed E-state index contributed by atoms with van der Waals surface area (Å²) >= 11 is 0. The Morgan fingerprint density at radius 2 is 1.88 bits per heavy atom. The molecule has 24 heavy (non-hydrogen) atoms. The molecule has 0 aromatic heterocycles. The van der Waals surface area contributed by atoms with E-state index < -0.39 is 5.91 Å². The minimum atomic E-state index is -0.393. The molecule has 1 heterocycles. The molecule has 2 aromatic carbocycles. The normalized spacial score (nSPS) is 13.7. The summed E-state index contributed by atoms with van der Waals surface area (Å²) in [4.78, 5) is 31.0. The van der Waals surface area contributed by atoms with Gasteiger partial charge >= 0.3 is 0 Å². The number of nitrogens with one attached hydrogen (secondary N) is 1. The Morgan fingerprint density at radius 3 is 2.71 bits per heavy atom. The summed E-state index contributed by atoms with van der Waals surface area (Å²) < 4.78 is 5.54. The van der Waals surface area contributed by atoms with Gasteiger partial charge in [0.15, 0.2) is 0 Å². The van der Waals surface area contributed by atoms with Gasteiger partial charge in [0.25, 0.3) is 5.91 Å². The average molecular weight is 326 g/mol. The SMILES string of the molecule is O=C(CN1C(=O)CCOc2ccccc21)NOCc1ccccc1. The summed E-state index contributed by atoms with van der Waals surface area (Å²) in [6.07, 6.45) is 0.229. The summed E-state index contributed by atoms with van der Waals surface area (Å²) in [7, 11) is 0. The Hall–Kier alpha value is -2.86. The van der Waals surface area contributed by atoms with Crippen LogP contribution in [0.1, 0.15) is 12.0 Å². The monoisotopic (exact) mass is 326 g/mol. The Labute approximate surface area is 139 Å². The molecule has 1 N–H and O–H groups in total. The number of benzene rings is 2. The number of rotatable bonds is 5. The predicted molar refractivity (Wildman–Crippen MR) is 88.3 cm³/mol. The van der Waals surface area contributed by atoms with Crippen molar-refractivity contribution in [3.05, 3.63) is 60.2 Å². The van der Waals surface area contributed by atoms with E-state index in [0.29, 0.717) is 18.0 Å². The largest absolute Gasteiger partial charge is 0.491 e. The first-order valence-electron chi connectivity index (χ1n) is 7.71. The predicted octanol–water partition coefficient (Wildman–Crippen LogP) is 2.05. The van der Waals surface area contributed by atoms with Gasteiger partial charge in [-0.05, 0) is 17.7 Å². The first-order valence-corrected chi connectivity index (χ1v) is 7.71. The van der Waals surface area contributed by atoms with E-state index in [1.54, 1.807) is 18.2 Å². The van der Waals surface area contributed by atoms with Gasteiger partial charge in [-0.25, -0.2) is 5.48 Å². The molecule has 124 valence electrons. The molecular formula is C18H18N2O4. The van der Waals surface area contributed by atoms with Gasteiger partial charge in [-0.1, -0.05) is 42.5 Å². The van der Waals surface area contributed by atoms with Crippen LogP contribution in [0.5, 0.6) is 5.75 Å². The zero-order valence-electron chi connectivity index (χ0n) is 13.1. The molecule has 6 heteroatoms. The lowest BCUT2D eigenvalue weighted by molar-refractivity contribution is -0.134. The topological polar surface area (TPSA) is 67.9 Å². The highest BCUT2D eigenvalue weighted by Gasteiger charge is 2.24. The molecule has 2 aromatic rings. The van der Waals surface area contributed by atoms with Crippen molar-refractivity contribution in [3.8, 4) is 5.75 Å². The highest BCUT2D eigenvalue weighted by molar-refractivity contribution is 6.00. The van der Waals surface area contributed by atoms with Crippen LogP contribution in [0, 0.1) is 0 Å². The van der Waals surface area contributed by atoms with Gasteiger partial charge in [-0.15, -0.1) is 0 Å². The highest BCUT2D eigenvalue weighted by atomic mass is 16.6. The minimum Gasteiger partial charge on any atom is -0.491 e. The number of para-hydroxylation sites is 2. The van der Waals surface area contributed by atoms with Crippen molar-refractivity contribution in [1.29, 1.82) is 0 Å². The van der Waals surface area contributed by atoms with E-state index in [9.17, 15) is 9.59 Å². The number of hydrogen-bond donors (Lipinski definition) is 1. The van der Waals surface area contributed by atoms with Gasteiger partial charge in [-0.2, -0.15) is 0 Å². The van der Waals surface area contributed by atoms with Crippen LogP contribution in [0.4, 0.5) is 5.69 Å². The minimum absolute atomic E-state index is 0.117. The van der Waals surface area contributed by atoms with Gasteiger partial charge in [-0.3, -0.25) is 19.3 Å². The Balaban J connectivity index is 1.59. The fourth-order valence-corrected chi connectivity index (χ4v) is 2.44. The lowest BCUT2D eigenvalue weighted by Crippen LogP contribution is -2.40. The van der Waals surface area contributed by atoms with E-state index in [4.69, 9.17) is 9.57 Å². The molecular weight excluding hydrogens is 308 g/mol. The second kappa shape index (κ2) is 7.61. The number of carbonyl (C=O) groups is 2. The maximum Gasteiger partial charge on any atom is 0.263 e. The van der Waals surface area contributed by atoms with E-state index in [-0.39, 0.29) is 25.5 Å². The number of nitrogens with zero attached hydrogens (tertiary/aromatic N) is 1. The number of anilines is 1. The first kappa shape index (κ1) is 16.0. The van der Waals surface area contributed by atoms with Crippen molar-refractivity contribution in [1.82, 2.24) is 5.48 Å². The van der Waals surface area contributed by atoms with Crippen LogP contribution < -0.4 is 15.1 Å². The quantitative estimate of drug-likeness (QED) is 0.854. The smallest absolute Gasteiger partial charge is 0.263 e. The molecule has 0 saturated carbocycles. The lowest BCUT2D eigenvalue weighted by atomic mass is 10.2. The molecule has 3 rings (SSSR count). The van der Waals surface area contributed by atoms with Crippen molar-refractivity contribution >= 4 is 17.5 Å². The second-order valence-electron chi connectivity index (χ2n) is 5.35. The standard InChI is InChI=1S/C18H18N2O4/c21-17(19-24-13-14-6-2-1-3-7-14)12-20-15-8-4-5-9-16(15)23-11-10-18(20)22/h1-9H,10-13H2,(H,19,21). The van der Waals surface area contributed by atoms with Crippen LogP contribution >= 0.6 is 0 Å². The summed E-state index contributed by atoms with van der Waals surface area (Å²) in [5.41, 5.74) is 3.92. The van der Waals surface area contributed by atoms with E-state index in [0.717, 1.165) is 5.56 Å². The van der Waals surface area contributed by atoms with Gasteiger partial charge in [0.05, 0.1) is 25.3 Å². The molecule has 6 nitrogen and oxygen atoms in total. The number of hydroxylamine groups is 1. The number of fused-ring (bicyclic) bond motifs is 1. The lowest BCUT2D eigenvalue weighted by Gasteiger charge is -2.21. The van der Waals surface area contributed by atoms with E-state index in [1.807, 2.05) is 36.4 Å². The summed E-state index contributed by atoms with van der Waals surface area (Å²) in [6, 6.07) is 16.7. The maximum absolute atomic E-state index is 12.2. The molecule has 1 aliphatic rings. The Bertz CT molecular complexity index is 718. The summed E-state index contributed by atoms with van der Waals surface area (Å²) in [5.74, 6) is 0.0514. The molecule has 0 atom stereocenters. The van der Waals surface area contributed by atoms with Crippen molar-refractivity contribution in [2.45, 2.75) is 13.0 Å². The van der Waals surface area contributed by atoms with Crippen LogP contribution in [-0.4, -0.2) is 25.0 Å². The third-order valence-electron chi connectivity index (χ3n) is 3.60. The molecule has 0 spiro atoms. The molecule has 0 unspecified atom stereocenters. The van der Waals surface area contributed by atoms with Crippen molar-refractivity contribution in [3.63, 3.8) is 0 Å². The second-order valence-corrected chi connectivity index (χ2v) is 5.35. The highest BCUT2D eigenvalue weighted by Crippen LogP contribution is 2.30. The zero-order chi connectivity index (χ0) is 16.8. The molecule has 0 bridgehead atoms. The van der Waals surface area contributed by atoms with Gasteiger partial charge < -0.3 is 4.74 Å². The fraction of sp³-hybridized carbons (Fsp3) is 0.222. The third kappa shape index (κ3) is 3.91. The summed E-state index contributed by atoms with van der Waals surface area (Å²) in [6.45, 7) is 0.451. The van der Waals surface area contributed by atoms with Crippen molar-refractivity contribution in [2.75, 3.05) is 18.1 Å². The number of amides is 2. The van der Waals surface area contributed by atoms with Crippen molar-refractivity contribution < 1.29 is 19.2 Å². The van der Waals surface area contributed by atoms with Crippen molar-refractivity contribution in [2.24, 2.45) is 0 Å². The molecule has 0 radical (unpaired) electrons. The summed E-state index contributed by atoms with van der Waals surface area (Å²) in [5, 5.41) is 0. The average Bonchev–Trinajstić information content (AvgIpc) is 2.75. The maximum atomic E-state index is 12.2. The number of ether oxygens (including phenoxy) is 1.